The van der Waals surface area contributed by atoms with Gasteiger partial charge in [-0.3, -0.25) is 9.97 Å². The fourth-order valence-electron chi connectivity index (χ4n) is 2.64. The minimum Gasteiger partial charge on any atom is -0.335 e. The molecule has 0 fully saturated rings. The largest absolute Gasteiger partial charge is 0.335 e. The standard InChI is InChI=1S/C18H24N4O/c1-13-7-14(2)9-16(8-13)10-15(3)21-18(23)22(4)12-17-11-19-5-6-20-17/h5-9,11,15H,10,12H2,1-4H3,(H,21,23). The van der Waals surface area contributed by atoms with Crippen LogP contribution in [0.15, 0.2) is 36.8 Å². The number of carbonyl (C=O) groups excluding carboxylic acids is 1. The predicted octanol–water partition coefficient (Wildman–Crippen LogP) is 2.87. The smallest absolute Gasteiger partial charge is 0.317 e. The van der Waals surface area contributed by atoms with Crippen molar-refractivity contribution in [2.24, 2.45) is 0 Å². The SMILES string of the molecule is Cc1cc(C)cc(CC(C)NC(=O)N(C)Cc2cnccn2)c1. The van der Waals surface area contributed by atoms with Crippen LogP contribution in [0.25, 0.3) is 0 Å². The number of aromatic nitrogens is 2. The third-order valence-electron chi connectivity index (χ3n) is 3.56. The Balaban J connectivity index is 1.88. The average Bonchev–Trinajstić information content (AvgIpc) is 2.46. The van der Waals surface area contributed by atoms with Crippen LogP contribution in [0, 0.1) is 13.8 Å². The molecule has 2 amide bonds. The summed E-state index contributed by atoms with van der Waals surface area (Å²) in [5, 5.41) is 3.03. The van der Waals surface area contributed by atoms with Crippen LogP contribution in [-0.2, 0) is 13.0 Å². The van der Waals surface area contributed by atoms with Crippen LogP contribution >= 0.6 is 0 Å². The van der Waals surface area contributed by atoms with Gasteiger partial charge in [-0.1, -0.05) is 29.3 Å². The Hall–Kier alpha value is -2.43. The Bertz CT molecular complexity index is 637. The molecule has 23 heavy (non-hydrogen) atoms. The van der Waals surface area contributed by atoms with E-state index in [9.17, 15) is 4.79 Å². The monoisotopic (exact) mass is 312 g/mol. The zero-order valence-electron chi connectivity index (χ0n) is 14.2. The van der Waals surface area contributed by atoms with Crippen molar-refractivity contribution in [2.45, 2.75) is 39.8 Å². The molecule has 1 aromatic carbocycles. The van der Waals surface area contributed by atoms with Gasteiger partial charge in [0.2, 0.25) is 0 Å². The van der Waals surface area contributed by atoms with Crippen LogP contribution in [0.5, 0.6) is 0 Å². The summed E-state index contributed by atoms with van der Waals surface area (Å²) in [5.74, 6) is 0. The maximum absolute atomic E-state index is 12.2. The lowest BCUT2D eigenvalue weighted by Crippen LogP contribution is -2.42. The van der Waals surface area contributed by atoms with E-state index in [0.29, 0.717) is 6.54 Å². The Morgan fingerprint density at radius 3 is 2.52 bits per heavy atom. The first-order chi connectivity index (χ1) is 10.9. The Morgan fingerprint density at radius 1 is 1.22 bits per heavy atom. The van der Waals surface area contributed by atoms with Gasteiger partial charge in [-0.05, 0) is 32.8 Å². The van der Waals surface area contributed by atoms with Gasteiger partial charge in [0, 0.05) is 25.5 Å². The van der Waals surface area contributed by atoms with Crippen molar-refractivity contribution in [2.75, 3.05) is 7.05 Å². The molecule has 0 bridgehead atoms. The van der Waals surface area contributed by atoms with E-state index in [2.05, 4.69) is 47.3 Å². The molecule has 0 spiro atoms. The number of urea groups is 1. The summed E-state index contributed by atoms with van der Waals surface area (Å²) in [7, 11) is 1.76. The topological polar surface area (TPSA) is 58.1 Å². The number of hydrogen-bond donors (Lipinski definition) is 1. The molecule has 0 aliphatic rings. The molecule has 0 aliphatic heterocycles. The highest BCUT2D eigenvalue weighted by Gasteiger charge is 2.13. The number of hydrogen-bond acceptors (Lipinski definition) is 3. The van der Waals surface area contributed by atoms with E-state index in [1.807, 2.05) is 6.92 Å². The Morgan fingerprint density at radius 2 is 1.91 bits per heavy atom. The second-order valence-electron chi connectivity index (χ2n) is 6.10. The van der Waals surface area contributed by atoms with Crippen LogP contribution in [-0.4, -0.2) is 34.0 Å². The lowest BCUT2D eigenvalue weighted by atomic mass is 10.0. The fraction of sp³-hybridized carbons (Fsp3) is 0.389. The summed E-state index contributed by atoms with van der Waals surface area (Å²) in [6.07, 6.45) is 5.73. The number of nitrogens with one attached hydrogen (secondary N) is 1. The molecule has 0 saturated heterocycles. The van der Waals surface area contributed by atoms with Gasteiger partial charge in [0.15, 0.2) is 0 Å². The second-order valence-corrected chi connectivity index (χ2v) is 6.10. The third kappa shape index (κ3) is 5.36. The highest BCUT2D eigenvalue weighted by molar-refractivity contribution is 5.74. The maximum atomic E-state index is 12.2. The molecular weight excluding hydrogens is 288 g/mol. The molecule has 1 aromatic heterocycles. The molecule has 0 saturated carbocycles. The number of nitrogens with zero attached hydrogens (tertiary/aromatic N) is 3. The summed E-state index contributed by atoms with van der Waals surface area (Å²) < 4.78 is 0. The van der Waals surface area contributed by atoms with Crippen LogP contribution in [0.2, 0.25) is 0 Å². The number of amides is 2. The molecule has 1 N–H and O–H groups in total. The van der Waals surface area contributed by atoms with Crippen LogP contribution < -0.4 is 5.32 Å². The van der Waals surface area contributed by atoms with E-state index < -0.39 is 0 Å². The summed E-state index contributed by atoms with van der Waals surface area (Å²) in [4.78, 5) is 22.1. The van der Waals surface area contributed by atoms with Gasteiger partial charge in [-0.2, -0.15) is 0 Å². The zero-order valence-corrected chi connectivity index (χ0v) is 14.2. The first-order valence-corrected chi connectivity index (χ1v) is 7.77. The molecule has 122 valence electrons. The van der Waals surface area contributed by atoms with Crippen molar-refractivity contribution < 1.29 is 4.79 Å². The van der Waals surface area contributed by atoms with Gasteiger partial charge in [-0.25, -0.2) is 4.79 Å². The lowest BCUT2D eigenvalue weighted by Gasteiger charge is -2.21. The third-order valence-corrected chi connectivity index (χ3v) is 3.56. The quantitative estimate of drug-likeness (QED) is 0.923. The van der Waals surface area contributed by atoms with Crippen molar-refractivity contribution in [3.63, 3.8) is 0 Å². The minimum atomic E-state index is -0.104. The summed E-state index contributed by atoms with van der Waals surface area (Å²) in [6, 6.07) is 6.44. The summed E-state index contributed by atoms with van der Waals surface area (Å²) >= 11 is 0. The van der Waals surface area contributed by atoms with Crippen molar-refractivity contribution in [1.82, 2.24) is 20.2 Å². The van der Waals surface area contributed by atoms with E-state index in [1.54, 1.807) is 30.5 Å². The molecule has 0 radical (unpaired) electrons. The van der Waals surface area contributed by atoms with E-state index in [1.165, 1.54) is 16.7 Å². The molecule has 0 aliphatic carbocycles. The van der Waals surface area contributed by atoms with Crippen molar-refractivity contribution in [3.05, 3.63) is 59.2 Å². The number of rotatable bonds is 5. The van der Waals surface area contributed by atoms with Crippen molar-refractivity contribution in [1.29, 1.82) is 0 Å². The summed E-state index contributed by atoms with van der Waals surface area (Å²) in [6.45, 7) is 6.64. The van der Waals surface area contributed by atoms with E-state index in [4.69, 9.17) is 0 Å². The Labute approximate surface area is 137 Å². The predicted molar refractivity (Wildman–Crippen MR) is 91.1 cm³/mol. The minimum absolute atomic E-state index is 0.0630. The van der Waals surface area contributed by atoms with Gasteiger partial charge in [-0.15, -0.1) is 0 Å². The molecule has 2 aromatic rings. The molecule has 5 nitrogen and oxygen atoms in total. The lowest BCUT2D eigenvalue weighted by molar-refractivity contribution is 0.203. The van der Waals surface area contributed by atoms with Gasteiger partial charge < -0.3 is 10.2 Å². The van der Waals surface area contributed by atoms with Gasteiger partial charge in [0.25, 0.3) is 0 Å². The van der Waals surface area contributed by atoms with Gasteiger partial charge in [0.05, 0.1) is 18.4 Å². The van der Waals surface area contributed by atoms with Gasteiger partial charge >= 0.3 is 6.03 Å². The number of carbonyl (C=O) groups is 1. The van der Waals surface area contributed by atoms with E-state index >= 15 is 0 Å². The average molecular weight is 312 g/mol. The molecule has 1 atom stereocenters. The van der Waals surface area contributed by atoms with Crippen LogP contribution in [0.1, 0.15) is 29.3 Å². The molecule has 1 unspecified atom stereocenters. The van der Waals surface area contributed by atoms with Crippen molar-refractivity contribution >= 4 is 6.03 Å². The molecule has 1 heterocycles. The normalized spacial score (nSPS) is 11.8. The number of benzene rings is 1. The molecular formula is C18H24N4O. The summed E-state index contributed by atoms with van der Waals surface area (Å²) in [5.41, 5.74) is 4.51. The molecule has 2 rings (SSSR count). The zero-order chi connectivity index (χ0) is 16.8. The highest BCUT2D eigenvalue weighted by Crippen LogP contribution is 2.11. The number of aryl methyl sites for hydroxylation is 2. The first-order valence-electron chi connectivity index (χ1n) is 7.77. The van der Waals surface area contributed by atoms with Crippen molar-refractivity contribution in [3.8, 4) is 0 Å². The second kappa shape index (κ2) is 7.72. The first kappa shape index (κ1) is 16.9. The van der Waals surface area contributed by atoms with E-state index in [-0.39, 0.29) is 12.1 Å². The molecule has 5 heteroatoms. The maximum Gasteiger partial charge on any atom is 0.317 e. The fourth-order valence-corrected chi connectivity index (χ4v) is 2.64. The highest BCUT2D eigenvalue weighted by atomic mass is 16.2. The van der Waals surface area contributed by atoms with Crippen LogP contribution in [0.4, 0.5) is 4.79 Å². The van der Waals surface area contributed by atoms with E-state index in [0.717, 1.165) is 12.1 Å². The Kier molecular flexibility index (Phi) is 5.68. The van der Waals surface area contributed by atoms with Gasteiger partial charge in [0.1, 0.15) is 0 Å². The van der Waals surface area contributed by atoms with Crippen LogP contribution in [0.3, 0.4) is 0 Å².